The molecule has 0 radical (unpaired) electrons. The Bertz CT molecular complexity index is 578. The maximum absolute atomic E-state index is 12.1. The Kier molecular flexibility index (Phi) is 3.06. The summed E-state index contributed by atoms with van der Waals surface area (Å²) in [6.07, 6.45) is 1.52. The van der Waals surface area contributed by atoms with E-state index in [1.54, 1.807) is 0 Å². The molecular weight excluding hydrogens is 228 g/mol. The second kappa shape index (κ2) is 4.52. The summed E-state index contributed by atoms with van der Waals surface area (Å²) in [5, 5.41) is 9.47. The van der Waals surface area contributed by atoms with Crippen molar-refractivity contribution in [1.29, 1.82) is 0 Å². The molecular formula is C13H16N4O. The number of nitrogen functional groups attached to an aromatic ring is 1. The van der Waals surface area contributed by atoms with Gasteiger partial charge in [0.15, 0.2) is 0 Å². The van der Waals surface area contributed by atoms with E-state index in [1.165, 1.54) is 6.20 Å². The van der Waals surface area contributed by atoms with Gasteiger partial charge in [-0.05, 0) is 44.0 Å². The molecule has 1 heterocycles. The fourth-order valence-corrected chi connectivity index (χ4v) is 1.95. The molecule has 0 aliphatic carbocycles. The third kappa shape index (κ3) is 2.20. The van der Waals surface area contributed by atoms with Crippen molar-refractivity contribution in [3.05, 3.63) is 40.7 Å². The molecule has 2 aromatic rings. The lowest BCUT2D eigenvalue weighted by atomic mass is 10.1. The lowest BCUT2D eigenvalue weighted by Gasteiger charge is -2.12. The summed E-state index contributed by atoms with van der Waals surface area (Å²) in [6.45, 7) is 5.65. The molecule has 5 nitrogen and oxygen atoms in total. The summed E-state index contributed by atoms with van der Waals surface area (Å²) < 4.78 is 0. The first-order chi connectivity index (χ1) is 8.49. The van der Waals surface area contributed by atoms with Crippen LogP contribution < -0.4 is 11.1 Å². The number of carbonyl (C=O) groups excluding carboxylic acids is 1. The lowest BCUT2D eigenvalue weighted by Crippen LogP contribution is -2.14. The highest BCUT2D eigenvalue weighted by Gasteiger charge is 2.13. The van der Waals surface area contributed by atoms with Gasteiger partial charge in [0.25, 0.3) is 5.91 Å². The zero-order valence-electron chi connectivity index (χ0n) is 10.7. The van der Waals surface area contributed by atoms with Crippen molar-refractivity contribution < 1.29 is 4.79 Å². The second-order valence-electron chi connectivity index (χ2n) is 4.39. The second-order valence-corrected chi connectivity index (χ2v) is 4.39. The number of hydrogen-bond acceptors (Lipinski definition) is 3. The predicted molar refractivity (Wildman–Crippen MR) is 71.6 cm³/mol. The number of carbonyl (C=O) groups is 1. The molecule has 0 saturated heterocycles. The summed E-state index contributed by atoms with van der Waals surface area (Å²) >= 11 is 0. The van der Waals surface area contributed by atoms with Crippen LogP contribution in [0.5, 0.6) is 0 Å². The minimum absolute atomic E-state index is 0.169. The van der Waals surface area contributed by atoms with Gasteiger partial charge in [0.05, 0.1) is 11.8 Å². The van der Waals surface area contributed by atoms with E-state index in [0.29, 0.717) is 11.3 Å². The van der Waals surface area contributed by atoms with Crippen molar-refractivity contribution in [2.45, 2.75) is 20.8 Å². The van der Waals surface area contributed by atoms with Crippen molar-refractivity contribution >= 4 is 17.3 Å². The SMILES string of the molecule is Cc1cc(N)cc(C)c1NC(=O)c1cn[nH]c1C. The number of nitrogens with zero attached hydrogens (tertiary/aromatic N) is 1. The average molecular weight is 244 g/mol. The predicted octanol–water partition coefficient (Wildman–Crippen LogP) is 2.17. The molecule has 0 unspecified atom stereocenters. The summed E-state index contributed by atoms with van der Waals surface area (Å²) in [4.78, 5) is 12.1. The molecule has 0 fully saturated rings. The van der Waals surface area contributed by atoms with Crippen molar-refractivity contribution in [3.63, 3.8) is 0 Å². The van der Waals surface area contributed by atoms with Gasteiger partial charge in [-0.3, -0.25) is 9.89 Å². The van der Waals surface area contributed by atoms with Crippen LogP contribution in [0.25, 0.3) is 0 Å². The van der Waals surface area contributed by atoms with Crippen LogP contribution in [0.3, 0.4) is 0 Å². The van der Waals surface area contributed by atoms with Gasteiger partial charge in [-0.2, -0.15) is 5.10 Å². The number of anilines is 2. The van der Waals surface area contributed by atoms with Gasteiger partial charge in [-0.1, -0.05) is 0 Å². The first-order valence-corrected chi connectivity index (χ1v) is 5.67. The summed E-state index contributed by atoms with van der Waals surface area (Å²) in [6, 6.07) is 3.68. The van der Waals surface area contributed by atoms with Gasteiger partial charge in [0.1, 0.15) is 0 Å². The van der Waals surface area contributed by atoms with Crippen LogP contribution in [0, 0.1) is 20.8 Å². The van der Waals surface area contributed by atoms with Crippen molar-refractivity contribution in [2.75, 3.05) is 11.1 Å². The molecule has 1 amide bonds. The molecule has 0 aliphatic rings. The van der Waals surface area contributed by atoms with Gasteiger partial charge in [-0.15, -0.1) is 0 Å². The number of hydrogen-bond donors (Lipinski definition) is 3. The normalized spacial score (nSPS) is 10.4. The molecule has 1 aromatic heterocycles. The van der Waals surface area contributed by atoms with Crippen LogP contribution in [-0.4, -0.2) is 16.1 Å². The van der Waals surface area contributed by atoms with E-state index in [-0.39, 0.29) is 5.91 Å². The number of nitrogens with one attached hydrogen (secondary N) is 2. The number of rotatable bonds is 2. The topological polar surface area (TPSA) is 83.8 Å². The summed E-state index contributed by atoms with van der Waals surface area (Å²) in [5.41, 5.74) is 10.4. The standard InChI is InChI=1S/C13H16N4O/c1-7-4-10(14)5-8(2)12(7)16-13(18)11-6-15-17-9(11)3/h4-6H,14H2,1-3H3,(H,15,17)(H,16,18). The van der Waals surface area contributed by atoms with E-state index in [4.69, 9.17) is 5.73 Å². The molecule has 0 aliphatic heterocycles. The van der Waals surface area contributed by atoms with Gasteiger partial charge < -0.3 is 11.1 Å². The van der Waals surface area contributed by atoms with Crippen LogP contribution in [-0.2, 0) is 0 Å². The third-order valence-electron chi connectivity index (χ3n) is 2.87. The number of benzene rings is 1. The highest BCUT2D eigenvalue weighted by atomic mass is 16.1. The van der Waals surface area contributed by atoms with Crippen molar-refractivity contribution in [1.82, 2.24) is 10.2 Å². The van der Waals surface area contributed by atoms with E-state index in [9.17, 15) is 4.79 Å². The van der Waals surface area contributed by atoms with Crippen LogP contribution in [0.1, 0.15) is 27.2 Å². The zero-order valence-corrected chi connectivity index (χ0v) is 10.7. The Morgan fingerprint density at radius 1 is 1.28 bits per heavy atom. The van der Waals surface area contributed by atoms with Gasteiger partial charge in [-0.25, -0.2) is 0 Å². The molecule has 4 N–H and O–H groups in total. The molecule has 5 heteroatoms. The van der Waals surface area contributed by atoms with E-state index in [2.05, 4.69) is 15.5 Å². The third-order valence-corrected chi connectivity index (χ3v) is 2.87. The molecule has 94 valence electrons. The summed E-state index contributed by atoms with van der Waals surface area (Å²) in [5.74, 6) is -0.169. The Labute approximate surface area is 105 Å². The van der Waals surface area contributed by atoms with E-state index in [0.717, 1.165) is 22.5 Å². The Morgan fingerprint density at radius 2 is 1.89 bits per heavy atom. The molecule has 0 bridgehead atoms. The molecule has 18 heavy (non-hydrogen) atoms. The highest BCUT2D eigenvalue weighted by Crippen LogP contribution is 2.24. The lowest BCUT2D eigenvalue weighted by molar-refractivity contribution is 0.102. The maximum atomic E-state index is 12.1. The first-order valence-electron chi connectivity index (χ1n) is 5.67. The van der Waals surface area contributed by atoms with Crippen molar-refractivity contribution in [2.24, 2.45) is 0 Å². The minimum atomic E-state index is -0.169. The van der Waals surface area contributed by atoms with Gasteiger partial charge in [0, 0.05) is 17.1 Å². The maximum Gasteiger partial charge on any atom is 0.259 e. The van der Waals surface area contributed by atoms with E-state index < -0.39 is 0 Å². The highest BCUT2D eigenvalue weighted by molar-refractivity contribution is 6.05. The Hall–Kier alpha value is -2.30. The monoisotopic (exact) mass is 244 g/mol. The molecule has 0 saturated carbocycles. The van der Waals surface area contributed by atoms with Crippen molar-refractivity contribution in [3.8, 4) is 0 Å². The zero-order chi connectivity index (χ0) is 13.3. The Balaban J connectivity index is 2.31. The van der Waals surface area contributed by atoms with E-state index >= 15 is 0 Å². The minimum Gasteiger partial charge on any atom is -0.399 e. The number of H-pyrrole nitrogens is 1. The molecule has 0 spiro atoms. The van der Waals surface area contributed by atoms with E-state index in [1.807, 2.05) is 32.9 Å². The van der Waals surface area contributed by atoms with Crippen LogP contribution in [0.15, 0.2) is 18.3 Å². The number of amides is 1. The Morgan fingerprint density at radius 3 is 2.39 bits per heavy atom. The fourth-order valence-electron chi connectivity index (χ4n) is 1.95. The molecule has 2 rings (SSSR count). The number of aromatic amines is 1. The molecule has 1 aromatic carbocycles. The average Bonchev–Trinajstić information content (AvgIpc) is 2.69. The molecule has 0 atom stereocenters. The summed E-state index contributed by atoms with van der Waals surface area (Å²) in [7, 11) is 0. The smallest absolute Gasteiger partial charge is 0.259 e. The number of nitrogens with two attached hydrogens (primary N) is 1. The van der Waals surface area contributed by atoms with Crippen LogP contribution in [0.4, 0.5) is 11.4 Å². The quantitative estimate of drug-likeness (QED) is 0.708. The fraction of sp³-hybridized carbons (Fsp3) is 0.231. The largest absolute Gasteiger partial charge is 0.399 e. The van der Waals surface area contributed by atoms with Gasteiger partial charge in [0.2, 0.25) is 0 Å². The van der Waals surface area contributed by atoms with Crippen LogP contribution in [0.2, 0.25) is 0 Å². The first kappa shape index (κ1) is 12.2. The van der Waals surface area contributed by atoms with Crippen LogP contribution >= 0.6 is 0 Å². The number of aryl methyl sites for hydroxylation is 3. The van der Waals surface area contributed by atoms with Gasteiger partial charge >= 0.3 is 0 Å². The number of aromatic nitrogens is 2.